The standard InChI is InChI=1S/C21H30N6O3/c1-7-21(4,5)17(28)20(30)27-10-8-9-14(27)19(29)24-23-15-11-12(2)16-13(3)25-26(6)18(16)22-15/h11,14H,7-10H2,1-6H3,(H,22,23)(H,24,29). The second kappa shape index (κ2) is 8.04. The molecule has 2 aromatic heterocycles. The number of fused-ring (bicyclic) bond motifs is 1. The van der Waals surface area contributed by atoms with Gasteiger partial charge in [-0.15, -0.1) is 0 Å². The number of likely N-dealkylation sites (tertiary alicyclic amines) is 1. The predicted molar refractivity (Wildman–Crippen MR) is 114 cm³/mol. The molecule has 0 aliphatic carbocycles. The van der Waals surface area contributed by atoms with Crippen LogP contribution in [0.1, 0.15) is 51.3 Å². The lowest BCUT2D eigenvalue weighted by molar-refractivity contribution is -0.151. The van der Waals surface area contributed by atoms with Crippen LogP contribution in [0.3, 0.4) is 0 Å². The fourth-order valence-electron chi connectivity index (χ4n) is 3.80. The maximum atomic E-state index is 12.8. The van der Waals surface area contributed by atoms with Crippen molar-refractivity contribution in [2.75, 3.05) is 12.0 Å². The normalized spacial score (nSPS) is 16.7. The summed E-state index contributed by atoms with van der Waals surface area (Å²) in [5, 5.41) is 5.37. The number of ketones is 1. The first kappa shape index (κ1) is 21.7. The topological polar surface area (TPSA) is 109 Å². The zero-order chi connectivity index (χ0) is 22.2. The van der Waals surface area contributed by atoms with E-state index in [1.54, 1.807) is 18.5 Å². The first-order chi connectivity index (χ1) is 14.1. The Morgan fingerprint density at radius 1 is 1.27 bits per heavy atom. The number of carbonyl (C=O) groups is 3. The Morgan fingerprint density at radius 3 is 2.63 bits per heavy atom. The molecular formula is C21H30N6O3. The third-order valence-electron chi connectivity index (χ3n) is 5.99. The first-order valence-electron chi connectivity index (χ1n) is 10.3. The molecule has 2 aromatic rings. The monoisotopic (exact) mass is 414 g/mol. The van der Waals surface area contributed by atoms with E-state index in [9.17, 15) is 14.4 Å². The summed E-state index contributed by atoms with van der Waals surface area (Å²) in [6.07, 6.45) is 1.76. The van der Waals surface area contributed by atoms with Gasteiger partial charge in [0.15, 0.2) is 5.65 Å². The maximum absolute atomic E-state index is 12.8. The van der Waals surface area contributed by atoms with Crippen LogP contribution in [0.25, 0.3) is 11.0 Å². The molecule has 0 radical (unpaired) electrons. The Bertz CT molecular complexity index is 1010. The molecule has 1 saturated heterocycles. The first-order valence-corrected chi connectivity index (χ1v) is 10.3. The molecule has 1 aliphatic heterocycles. The third kappa shape index (κ3) is 3.88. The van der Waals surface area contributed by atoms with Crippen molar-refractivity contribution in [2.45, 2.75) is 59.9 Å². The van der Waals surface area contributed by atoms with Crippen LogP contribution < -0.4 is 10.9 Å². The van der Waals surface area contributed by atoms with Gasteiger partial charge in [-0.05, 0) is 44.7 Å². The molecule has 2 amide bonds. The number of aryl methyl sites for hydroxylation is 3. The molecule has 9 nitrogen and oxygen atoms in total. The number of pyridine rings is 1. The van der Waals surface area contributed by atoms with Gasteiger partial charge < -0.3 is 4.90 Å². The number of amides is 2. The summed E-state index contributed by atoms with van der Waals surface area (Å²) in [6.45, 7) is 9.68. The van der Waals surface area contributed by atoms with Gasteiger partial charge in [0.2, 0.25) is 5.78 Å². The number of nitrogens with zero attached hydrogens (tertiary/aromatic N) is 4. The highest BCUT2D eigenvalue weighted by Crippen LogP contribution is 2.26. The van der Waals surface area contributed by atoms with Crippen LogP contribution in [0.15, 0.2) is 6.07 Å². The van der Waals surface area contributed by atoms with Crippen LogP contribution in [0.4, 0.5) is 5.82 Å². The number of aromatic nitrogens is 3. The highest BCUT2D eigenvalue weighted by atomic mass is 16.2. The van der Waals surface area contributed by atoms with Crippen LogP contribution in [-0.4, -0.2) is 49.8 Å². The van der Waals surface area contributed by atoms with Gasteiger partial charge in [0.1, 0.15) is 11.9 Å². The number of nitrogens with one attached hydrogen (secondary N) is 2. The summed E-state index contributed by atoms with van der Waals surface area (Å²) in [4.78, 5) is 44.0. The van der Waals surface area contributed by atoms with Crippen molar-refractivity contribution >= 4 is 34.4 Å². The van der Waals surface area contributed by atoms with E-state index in [1.165, 1.54) is 4.90 Å². The molecule has 1 aliphatic rings. The molecule has 1 atom stereocenters. The van der Waals surface area contributed by atoms with Crippen LogP contribution in [-0.2, 0) is 21.4 Å². The van der Waals surface area contributed by atoms with E-state index < -0.39 is 23.1 Å². The average molecular weight is 415 g/mol. The van der Waals surface area contributed by atoms with Gasteiger partial charge in [0.25, 0.3) is 11.8 Å². The van der Waals surface area contributed by atoms with E-state index in [1.807, 2.05) is 33.9 Å². The van der Waals surface area contributed by atoms with Crippen LogP contribution >= 0.6 is 0 Å². The second-order valence-corrected chi connectivity index (χ2v) is 8.57. The van der Waals surface area contributed by atoms with Crippen LogP contribution in [0.5, 0.6) is 0 Å². The number of rotatable bonds is 6. The van der Waals surface area contributed by atoms with Gasteiger partial charge in [-0.3, -0.25) is 29.9 Å². The number of anilines is 1. The fourth-order valence-corrected chi connectivity index (χ4v) is 3.80. The van der Waals surface area contributed by atoms with E-state index in [4.69, 9.17) is 0 Å². The summed E-state index contributed by atoms with van der Waals surface area (Å²) in [5.74, 6) is -0.911. The molecule has 3 heterocycles. The van der Waals surface area contributed by atoms with E-state index in [0.717, 1.165) is 16.6 Å². The number of hydrogen-bond acceptors (Lipinski definition) is 6. The van der Waals surface area contributed by atoms with Crippen molar-refractivity contribution < 1.29 is 14.4 Å². The van der Waals surface area contributed by atoms with Gasteiger partial charge in [-0.25, -0.2) is 4.98 Å². The third-order valence-corrected chi connectivity index (χ3v) is 5.99. The summed E-state index contributed by atoms with van der Waals surface area (Å²) >= 11 is 0. The highest BCUT2D eigenvalue weighted by molar-refractivity contribution is 6.38. The molecular weight excluding hydrogens is 384 g/mol. The van der Waals surface area contributed by atoms with E-state index in [0.29, 0.717) is 37.3 Å². The zero-order valence-electron chi connectivity index (χ0n) is 18.5. The smallest absolute Gasteiger partial charge is 0.291 e. The van der Waals surface area contributed by atoms with Crippen molar-refractivity contribution in [3.8, 4) is 0 Å². The Hall–Kier alpha value is -2.97. The zero-order valence-corrected chi connectivity index (χ0v) is 18.5. The SMILES string of the molecule is CCC(C)(C)C(=O)C(=O)N1CCCC1C(=O)NNc1cc(C)c2c(C)nn(C)c2n1. The minimum absolute atomic E-state index is 0.358. The number of hydrogen-bond donors (Lipinski definition) is 2. The van der Waals surface area contributed by atoms with Crippen molar-refractivity contribution in [2.24, 2.45) is 12.5 Å². The fraction of sp³-hybridized carbons (Fsp3) is 0.571. The molecule has 30 heavy (non-hydrogen) atoms. The summed E-state index contributed by atoms with van der Waals surface area (Å²) < 4.78 is 1.70. The Morgan fingerprint density at radius 2 is 1.97 bits per heavy atom. The van der Waals surface area contributed by atoms with Gasteiger partial charge in [0.05, 0.1) is 5.69 Å². The molecule has 0 bridgehead atoms. The van der Waals surface area contributed by atoms with Crippen LogP contribution in [0.2, 0.25) is 0 Å². The minimum atomic E-state index is -0.739. The molecule has 162 valence electrons. The number of hydrazine groups is 1. The summed E-state index contributed by atoms with van der Waals surface area (Å²) in [6, 6.07) is 1.16. The molecule has 0 aromatic carbocycles. The van der Waals surface area contributed by atoms with Crippen LogP contribution in [0, 0.1) is 19.3 Å². The quantitative estimate of drug-likeness (QED) is 0.553. The van der Waals surface area contributed by atoms with Gasteiger partial charge >= 0.3 is 0 Å². The van der Waals surface area contributed by atoms with Gasteiger partial charge in [0, 0.05) is 24.4 Å². The summed E-state index contributed by atoms with van der Waals surface area (Å²) in [7, 11) is 1.82. The Kier molecular flexibility index (Phi) is 5.83. The van der Waals surface area contributed by atoms with E-state index in [2.05, 4.69) is 20.9 Å². The minimum Gasteiger partial charge on any atom is -0.324 e. The lowest BCUT2D eigenvalue weighted by Crippen LogP contribution is -2.51. The molecule has 0 saturated carbocycles. The van der Waals surface area contributed by atoms with Crippen molar-refractivity contribution in [3.63, 3.8) is 0 Å². The van der Waals surface area contributed by atoms with E-state index in [-0.39, 0.29) is 5.91 Å². The Balaban J connectivity index is 1.71. The maximum Gasteiger partial charge on any atom is 0.291 e. The average Bonchev–Trinajstić information content (AvgIpc) is 3.30. The Labute approximate surface area is 176 Å². The molecule has 1 unspecified atom stereocenters. The lowest BCUT2D eigenvalue weighted by Gasteiger charge is -2.27. The lowest BCUT2D eigenvalue weighted by atomic mass is 9.84. The predicted octanol–water partition coefficient (Wildman–Crippen LogP) is 2.02. The van der Waals surface area contributed by atoms with E-state index >= 15 is 0 Å². The molecule has 9 heteroatoms. The number of carbonyl (C=O) groups excluding carboxylic acids is 3. The summed E-state index contributed by atoms with van der Waals surface area (Å²) in [5.41, 5.74) is 7.36. The molecule has 0 spiro atoms. The van der Waals surface area contributed by atoms with Gasteiger partial charge in [-0.1, -0.05) is 20.8 Å². The van der Waals surface area contributed by atoms with Crippen molar-refractivity contribution in [3.05, 3.63) is 17.3 Å². The second-order valence-electron chi connectivity index (χ2n) is 8.57. The van der Waals surface area contributed by atoms with Crippen molar-refractivity contribution in [1.82, 2.24) is 25.1 Å². The number of Topliss-reactive ketones (excluding diaryl/α,β-unsaturated/α-hetero) is 1. The van der Waals surface area contributed by atoms with Gasteiger partial charge in [-0.2, -0.15) is 5.10 Å². The molecule has 2 N–H and O–H groups in total. The highest BCUT2D eigenvalue weighted by Gasteiger charge is 2.41. The van der Waals surface area contributed by atoms with Crippen molar-refractivity contribution in [1.29, 1.82) is 0 Å². The molecule has 3 rings (SSSR count). The molecule has 1 fully saturated rings. The largest absolute Gasteiger partial charge is 0.324 e.